The van der Waals surface area contributed by atoms with Crippen LogP contribution in [0.5, 0.6) is 0 Å². The zero-order valence-corrected chi connectivity index (χ0v) is 13.0. The van der Waals surface area contributed by atoms with Crippen molar-refractivity contribution in [3.05, 3.63) is 12.2 Å². The van der Waals surface area contributed by atoms with Crippen LogP contribution < -0.4 is 5.32 Å². The van der Waals surface area contributed by atoms with Gasteiger partial charge in [-0.05, 0) is 40.0 Å². The minimum atomic E-state index is 0.176. The van der Waals surface area contributed by atoms with Crippen LogP contribution in [-0.4, -0.2) is 48.7 Å². The Bertz CT molecular complexity index is 346. The lowest BCUT2D eigenvalue weighted by Crippen LogP contribution is -2.52. The summed E-state index contributed by atoms with van der Waals surface area (Å²) in [5.41, 5.74) is 0. The molecule has 0 aromatic carbocycles. The van der Waals surface area contributed by atoms with Gasteiger partial charge in [-0.3, -0.25) is 9.69 Å². The predicted octanol–water partition coefficient (Wildman–Crippen LogP) is 1.96. The zero-order valence-electron chi connectivity index (χ0n) is 13.0. The molecule has 0 bridgehead atoms. The highest BCUT2D eigenvalue weighted by atomic mass is 16.5. The van der Waals surface area contributed by atoms with E-state index in [0.29, 0.717) is 6.04 Å². The largest absolute Gasteiger partial charge is 0.373 e. The highest BCUT2D eigenvalue weighted by Crippen LogP contribution is 2.18. The molecule has 4 nitrogen and oxygen atoms in total. The Labute approximate surface area is 122 Å². The van der Waals surface area contributed by atoms with E-state index in [1.54, 1.807) is 0 Å². The van der Waals surface area contributed by atoms with Gasteiger partial charge in [0.1, 0.15) is 0 Å². The molecule has 0 spiro atoms. The molecule has 1 fully saturated rings. The monoisotopic (exact) mass is 280 g/mol. The lowest BCUT2D eigenvalue weighted by atomic mass is 9.93. The number of morpholine rings is 1. The third-order valence-corrected chi connectivity index (χ3v) is 4.28. The first-order valence-corrected chi connectivity index (χ1v) is 7.88. The average molecular weight is 280 g/mol. The normalized spacial score (nSPS) is 32.9. The Morgan fingerprint density at radius 2 is 2.05 bits per heavy atom. The van der Waals surface area contributed by atoms with Crippen molar-refractivity contribution in [2.24, 2.45) is 5.92 Å². The van der Waals surface area contributed by atoms with Gasteiger partial charge in [0.05, 0.1) is 12.2 Å². The predicted molar refractivity (Wildman–Crippen MR) is 80.5 cm³/mol. The first-order chi connectivity index (χ1) is 9.56. The number of ether oxygens (including phenoxy) is 1. The fraction of sp³-hybridized carbons (Fsp3) is 0.812. The number of hydrogen-bond donors (Lipinski definition) is 1. The number of nitrogens with one attached hydrogen (secondary N) is 1. The molecule has 1 heterocycles. The minimum absolute atomic E-state index is 0.176. The molecule has 4 heteroatoms. The second-order valence-electron chi connectivity index (χ2n) is 6.29. The lowest BCUT2D eigenvalue weighted by molar-refractivity contribution is -0.125. The van der Waals surface area contributed by atoms with Gasteiger partial charge < -0.3 is 10.1 Å². The van der Waals surface area contributed by atoms with Gasteiger partial charge in [-0.15, -0.1) is 0 Å². The van der Waals surface area contributed by atoms with Crippen molar-refractivity contribution in [3.63, 3.8) is 0 Å². The maximum Gasteiger partial charge on any atom is 0.223 e. The molecular formula is C16H28N2O2. The van der Waals surface area contributed by atoms with Gasteiger partial charge in [0, 0.05) is 31.6 Å². The summed E-state index contributed by atoms with van der Waals surface area (Å²) in [4.78, 5) is 14.5. The van der Waals surface area contributed by atoms with E-state index in [-0.39, 0.29) is 24.0 Å². The van der Waals surface area contributed by atoms with Crippen molar-refractivity contribution in [2.75, 3.05) is 19.6 Å². The second-order valence-corrected chi connectivity index (χ2v) is 6.29. The number of amides is 1. The van der Waals surface area contributed by atoms with Crippen molar-refractivity contribution in [1.82, 2.24) is 10.2 Å². The number of nitrogens with zero attached hydrogens (tertiary/aromatic N) is 1. The van der Waals surface area contributed by atoms with Gasteiger partial charge in [0.25, 0.3) is 0 Å². The Hall–Kier alpha value is -0.870. The summed E-state index contributed by atoms with van der Waals surface area (Å²) in [6.07, 6.45) is 7.77. The van der Waals surface area contributed by atoms with E-state index in [4.69, 9.17) is 4.74 Å². The van der Waals surface area contributed by atoms with Crippen molar-refractivity contribution >= 4 is 5.91 Å². The molecule has 2 rings (SSSR count). The zero-order chi connectivity index (χ0) is 14.5. The molecule has 0 unspecified atom stereocenters. The summed E-state index contributed by atoms with van der Waals surface area (Å²) in [5, 5.41) is 3.12. The molecule has 1 aliphatic carbocycles. The van der Waals surface area contributed by atoms with Gasteiger partial charge >= 0.3 is 0 Å². The molecule has 4 atom stereocenters. The van der Waals surface area contributed by atoms with E-state index in [1.165, 1.54) is 0 Å². The molecule has 1 saturated heterocycles. The van der Waals surface area contributed by atoms with E-state index >= 15 is 0 Å². The molecule has 20 heavy (non-hydrogen) atoms. The first kappa shape index (κ1) is 15.5. The summed E-state index contributed by atoms with van der Waals surface area (Å²) in [6, 6.07) is 0.367. The molecule has 0 aromatic heterocycles. The van der Waals surface area contributed by atoms with Crippen molar-refractivity contribution in [1.29, 1.82) is 0 Å². The van der Waals surface area contributed by atoms with E-state index in [2.05, 4.69) is 43.1 Å². The third-order valence-electron chi connectivity index (χ3n) is 4.28. The summed E-state index contributed by atoms with van der Waals surface area (Å²) >= 11 is 0. The fourth-order valence-electron chi connectivity index (χ4n) is 3.13. The van der Waals surface area contributed by atoms with Crippen LogP contribution in [-0.2, 0) is 9.53 Å². The number of carbonyl (C=O) groups is 1. The molecule has 0 radical (unpaired) electrons. The van der Waals surface area contributed by atoms with Crippen molar-refractivity contribution in [2.45, 2.75) is 58.3 Å². The summed E-state index contributed by atoms with van der Waals surface area (Å²) in [7, 11) is 0. The molecule has 1 amide bonds. The van der Waals surface area contributed by atoms with Gasteiger partial charge in [0.2, 0.25) is 5.91 Å². The van der Waals surface area contributed by atoms with Gasteiger partial charge in [-0.25, -0.2) is 0 Å². The summed E-state index contributed by atoms with van der Waals surface area (Å²) in [5.74, 6) is 0.394. The maximum absolute atomic E-state index is 12.1. The number of rotatable bonds is 4. The van der Waals surface area contributed by atoms with Crippen LogP contribution in [0.2, 0.25) is 0 Å². The molecular weight excluding hydrogens is 252 g/mol. The molecule has 1 aliphatic heterocycles. The standard InChI is InChI=1S/C16H28N2O2/c1-12(18-10-13(2)20-14(3)11-18)9-17-16(19)15-7-5-4-6-8-15/h4-5,12-15H,6-11H2,1-3H3,(H,17,19)/t12-,13-,14-,15+/m1/s1. The topological polar surface area (TPSA) is 41.6 Å². The third kappa shape index (κ3) is 4.32. The van der Waals surface area contributed by atoms with Crippen LogP contribution in [0.1, 0.15) is 40.0 Å². The molecule has 0 aromatic rings. The second kappa shape index (κ2) is 7.23. The average Bonchev–Trinajstić information content (AvgIpc) is 2.44. The Morgan fingerprint density at radius 1 is 1.35 bits per heavy atom. The highest BCUT2D eigenvalue weighted by Gasteiger charge is 2.26. The number of allylic oxidation sites excluding steroid dienone is 2. The quantitative estimate of drug-likeness (QED) is 0.800. The van der Waals surface area contributed by atoms with Crippen molar-refractivity contribution < 1.29 is 9.53 Å². The van der Waals surface area contributed by atoms with Crippen molar-refractivity contribution in [3.8, 4) is 0 Å². The minimum Gasteiger partial charge on any atom is -0.373 e. The fourth-order valence-corrected chi connectivity index (χ4v) is 3.13. The molecule has 2 aliphatic rings. The Balaban J connectivity index is 1.75. The maximum atomic E-state index is 12.1. The van der Waals surface area contributed by atoms with E-state index < -0.39 is 0 Å². The number of carbonyl (C=O) groups excluding carboxylic acids is 1. The van der Waals surface area contributed by atoms with Gasteiger partial charge in [-0.2, -0.15) is 0 Å². The molecule has 0 saturated carbocycles. The van der Waals surface area contributed by atoms with Crippen LogP contribution in [0.3, 0.4) is 0 Å². The van der Waals surface area contributed by atoms with Crippen LogP contribution in [0.4, 0.5) is 0 Å². The molecule has 1 N–H and O–H groups in total. The van der Waals surface area contributed by atoms with E-state index in [9.17, 15) is 4.79 Å². The van der Waals surface area contributed by atoms with E-state index in [1.807, 2.05) is 0 Å². The Kier molecular flexibility index (Phi) is 5.61. The van der Waals surface area contributed by atoms with Crippen LogP contribution in [0.25, 0.3) is 0 Å². The lowest BCUT2D eigenvalue weighted by Gasteiger charge is -2.39. The summed E-state index contributed by atoms with van der Waals surface area (Å²) in [6.45, 7) is 9.05. The Morgan fingerprint density at radius 3 is 2.65 bits per heavy atom. The SMILES string of the molecule is C[C@@H]1CN([C@H](C)CNC(=O)[C@H]2CC=CCC2)C[C@@H](C)O1. The molecule has 114 valence electrons. The highest BCUT2D eigenvalue weighted by molar-refractivity contribution is 5.79. The first-order valence-electron chi connectivity index (χ1n) is 7.88. The number of hydrogen-bond acceptors (Lipinski definition) is 3. The summed E-state index contributed by atoms with van der Waals surface area (Å²) < 4.78 is 5.75. The van der Waals surface area contributed by atoms with Crippen LogP contribution in [0, 0.1) is 5.92 Å². The van der Waals surface area contributed by atoms with Crippen LogP contribution >= 0.6 is 0 Å². The van der Waals surface area contributed by atoms with Crippen LogP contribution in [0.15, 0.2) is 12.2 Å². The smallest absolute Gasteiger partial charge is 0.223 e. The van der Waals surface area contributed by atoms with Gasteiger partial charge in [-0.1, -0.05) is 12.2 Å². The van der Waals surface area contributed by atoms with Gasteiger partial charge in [0.15, 0.2) is 0 Å². The van der Waals surface area contributed by atoms with E-state index in [0.717, 1.165) is 38.9 Å².